The van der Waals surface area contributed by atoms with Crippen LogP contribution in [0.2, 0.25) is 0 Å². The molecule has 256 valence electrons. The lowest BCUT2D eigenvalue weighted by molar-refractivity contribution is -0.185. The van der Waals surface area contributed by atoms with Crippen molar-refractivity contribution >= 4 is 16.9 Å². The van der Waals surface area contributed by atoms with E-state index >= 15 is 4.39 Å². The van der Waals surface area contributed by atoms with Crippen molar-refractivity contribution in [1.82, 2.24) is 19.4 Å². The molecule has 11 heteroatoms. The number of rotatable bonds is 7. The van der Waals surface area contributed by atoms with Crippen molar-refractivity contribution in [3.8, 4) is 28.1 Å². The maximum atomic E-state index is 15.8. The van der Waals surface area contributed by atoms with Crippen molar-refractivity contribution in [2.75, 3.05) is 50.9 Å². The monoisotopic (exact) mass is 659 g/mol. The minimum atomic E-state index is -1.84. The fraction of sp³-hybridized carbons (Fsp3) is 0.514. The van der Waals surface area contributed by atoms with E-state index in [9.17, 15) is 10.2 Å². The predicted molar refractivity (Wildman–Crippen MR) is 183 cm³/mol. The van der Waals surface area contributed by atoms with Gasteiger partial charge >= 0.3 is 0 Å². The van der Waals surface area contributed by atoms with Gasteiger partial charge in [-0.3, -0.25) is 4.90 Å². The highest BCUT2D eigenvalue weighted by Crippen LogP contribution is 2.46. The van der Waals surface area contributed by atoms with E-state index in [1.54, 1.807) is 0 Å². The summed E-state index contributed by atoms with van der Waals surface area (Å²) in [6.45, 7) is 15.3. The van der Waals surface area contributed by atoms with E-state index in [0.717, 1.165) is 79.4 Å². The molecule has 3 aliphatic heterocycles. The van der Waals surface area contributed by atoms with Gasteiger partial charge in [0.1, 0.15) is 17.6 Å². The molecule has 1 aromatic carbocycles. The van der Waals surface area contributed by atoms with E-state index in [0.29, 0.717) is 52.9 Å². The van der Waals surface area contributed by atoms with Gasteiger partial charge in [0.05, 0.1) is 31.1 Å². The van der Waals surface area contributed by atoms with Gasteiger partial charge in [0.15, 0.2) is 17.9 Å². The summed E-state index contributed by atoms with van der Waals surface area (Å²) in [5, 5.41) is 22.3. The summed E-state index contributed by atoms with van der Waals surface area (Å²) < 4.78 is 35.5. The first kappa shape index (κ1) is 32.9. The number of morpholine rings is 1. The quantitative estimate of drug-likeness (QED) is 0.263. The van der Waals surface area contributed by atoms with Gasteiger partial charge in [0.25, 0.3) is 0 Å². The molecule has 0 radical (unpaired) electrons. The Morgan fingerprint density at radius 2 is 1.81 bits per heavy atom. The normalized spacial score (nSPS) is 18.2. The first-order chi connectivity index (χ1) is 22.9. The molecule has 6 heterocycles. The fourth-order valence-corrected chi connectivity index (χ4v) is 7.51. The van der Waals surface area contributed by atoms with Gasteiger partial charge in [-0.05, 0) is 82.9 Å². The van der Waals surface area contributed by atoms with Gasteiger partial charge in [-0.15, -0.1) is 0 Å². The molecule has 0 amide bonds. The second-order valence-electron chi connectivity index (χ2n) is 14.3. The van der Waals surface area contributed by atoms with E-state index in [1.807, 2.05) is 58.5 Å². The van der Waals surface area contributed by atoms with E-state index in [4.69, 9.17) is 24.2 Å². The van der Waals surface area contributed by atoms with Crippen LogP contribution in [0.5, 0.6) is 5.75 Å². The lowest BCUT2D eigenvalue weighted by Gasteiger charge is -2.47. The van der Waals surface area contributed by atoms with Crippen LogP contribution < -0.4 is 9.64 Å². The van der Waals surface area contributed by atoms with Crippen molar-refractivity contribution in [2.45, 2.75) is 71.5 Å². The molecule has 0 spiro atoms. The third-order valence-corrected chi connectivity index (χ3v) is 9.93. The van der Waals surface area contributed by atoms with Crippen LogP contribution in [-0.2, 0) is 22.9 Å². The van der Waals surface area contributed by atoms with Crippen LogP contribution in [0.25, 0.3) is 33.4 Å². The highest BCUT2D eigenvalue weighted by molar-refractivity contribution is 6.00. The summed E-state index contributed by atoms with van der Waals surface area (Å²) in [4.78, 5) is 14.5. The number of halogens is 1. The SMILES string of the molecule is Cc1nc2c(cc(-c3ccnc(N4CC(N5CCOCC5)C4)c3)n2C)c(-c2cc(F)c3c(c2C)CCCO3)c1C(OC(C)(C)C)C(O)O. The zero-order valence-corrected chi connectivity index (χ0v) is 28.7. The average molecular weight is 660 g/mol. The Bertz CT molecular complexity index is 1840. The summed E-state index contributed by atoms with van der Waals surface area (Å²) in [5.41, 5.74) is 6.06. The Morgan fingerprint density at radius 3 is 2.52 bits per heavy atom. The molecule has 2 saturated heterocycles. The van der Waals surface area contributed by atoms with Gasteiger partial charge in [-0.25, -0.2) is 14.4 Å². The number of aryl methyl sites for hydroxylation is 2. The highest BCUT2D eigenvalue weighted by atomic mass is 19.1. The standard InChI is InChI=1S/C37H46FN5O5/c1-21-25-8-7-13-47-33(25)28(38)17-26(21)32-27-18-29(41(6)35(27)40-22(2)31(32)34(36(44)45)48-37(3,4)5)23-9-10-39-30(16-23)43-19-24(20-43)42-11-14-46-15-12-42/h9-10,16-18,24,34,36,44-45H,7-8,11-15,19-20H2,1-6H3. The van der Waals surface area contributed by atoms with Crippen LogP contribution in [-0.4, -0.2) is 93.6 Å². The highest BCUT2D eigenvalue weighted by Gasteiger charge is 2.35. The molecule has 4 aromatic rings. The van der Waals surface area contributed by atoms with Gasteiger partial charge in [0.2, 0.25) is 0 Å². The Morgan fingerprint density at radius 1 is 1.06 bits per heavy atom. The number of benzene rings is 1. The minimum Gasteiger partial charge on any atom is -0.490 e. The topological polar surface area (TPSA) is 105 Å². The maximum Gasteiger partial charge on any atom is 0.182 e. The molecule has 1 atom stereocenters. The molecule has 48 heavy (non-hydrogen) atoms. The van der Waals surface area contributed by atoms with Crippen LogP contribution in [0.4, 0.5) is 10.2 Å². The Balaban J connectivity index is 1.37. The summed E-state index contributed by atoms with van der Waals surface area (Å²) >= 11 is 0. The molecular weight excluding hydrogens is 613 g/mol. The first-order valence-corrected chi connectivity index (χ1v) is 16.9. The summed E-state index contributed by atoms with van der Waals surface area (Å²) in [6, 6.07) is 8.19. The summed E-state index contributed by atoms with van der Waals surface area (Å²) in [7, 11) is 1.98. The van der Waals surface area contributed by atoms with Gasteiger partial charge in [-0.2, -0.15) is 0 Å². The number of hydrogen-bond acceptors (Lipinski definition) is 9. The van der Waals surface area contributed by atoms with Gasteiger partial charge in [0, 0.05) is 78.8 Å². The number of anilines is 1. The summed E-state index contributed by atoms with van der Waals surface area (Å²) in [6.07, 6.45) is 0.364. The summed E-state index contributed by atoms with van der Waals surface area (Å²) in [5.74, 6) is 0.786. The number of aliphatic hydroxyl groups excluding tert-OH is 1. The smallest absolute Gasteiger partial charge is 0.182 e. The molecule has 2 fully saturated rings. The number of nitrogens with zero attached hydrogens (tertiary/aromatic N) is 5. The van der Waals surface area contributed by atoms with Crippen LogP contribution in [0.3, 0.4) is 0 Å². The van der Waals surface area contributed by atoms with Crippen LogP contribution in [0, 0.1) is 19.7 Å². The second-order valence-corrected chi connectivity index (χ2v) is 14.3. The average Bonchev–Trinajstić information content (AvgIpc) is 3.36. The van der Waals surface area contributed by atoms with E-state index in [-0.39, 0.29) is 0 Å². The molecule has 1 unspecified atom stereocenters. The van der Waals surface area contributed by atoms with Crippen molar-refractivity contribution in [3.05, 3.63) is 58.7 Å². The van der Waals surface area contributed by atoms with Gasteiger partial charge < -0.3 is 33.9 Å². The van der Waals surface area contributed by atoms with Crippen LogP contribution >= 0.6 is 0 Å². The molecule has 2 N–H and O–H groups in total. The number of aromatic nitrogens is 3. The Labute approximate surface area is 281 Å². The first-order valence-electron chi connectivity index (χ1n) is 16.9. The number of hydrogen-bond donors (Lipinski definition) is 2. The molecule has 3 aromatic heterocycles. The predicted octanol–water partition coefficient (Wildman–Crippen LogP) is 5.07. The number of ether oxygens (including phenoxy) is 3. The zero-order chi connectivity index (χ0) is 33.9. The maximum absolute atomic E-state index is 15.8. The van der Waals surface area contributed by atoms with Crippen molar-refractivity contribution in [1.29, 1.82) is 0 Å². The molecule has 10 nitrogen and oxygen atoms in total. The number of fused-ring (bicyclic) bond motifs is 2. The Hall–Kier alpha value is -3.61. The van der Waals surface area contributed by atoms with Crippen LogP contribution in [0.15, 0.2) is 30.5 Å². The van der Waals surface area contributed by atoms with Crippen molar-refractivity contribution in [2.24, 2.45) is 7.05 Å². The van der Waals surface area contributed by atoms with Crippen LogP contribution in [0.1, 0.15) is 55.7 Å². The number of pyridine rings is 2. The van der Waals surface area contributed by atoms with E-state index < -0.39 is 23.8 Å². The molecule has 0 saturated carbocycles. The largest absolute Gasteiger partial charge is 0.490 e. The van der Waals surface area contributed by atoms with Gasteiger partial charge in [-0.1, -0.05) is 0 Å². The minimum absolute atomic E-state index is 0.302. The zero-order valence-electron chi connectivity index (χ0n) is 28.7. The molecule has 3 aliphatic rings. The third-order valence-electron chi connectivity index (χ3n) is 9.93. The van der Waals surface area contributed by atoms with E-state index in [2.05, 4.69) is 21.9 Å². The Kier molecular flexibility index (Phi) is 8.70. The lowest BCUT2D eigenvalue weighted by Crippen LogP contribution is -2.61. The molecule has 7 rings (SSSR count). The lowest BCUT2D eigenvalue weighted by atomic mass is 9.86. The van der Waals surface area contributed by atoms with Crippen molar-refractivity contribution < 1.29 is 28.8 Å². The molecule has 0 bridgehead atoms. The third kappa shape index (κ3) is 5.96. The molecule has 0 aliphatic carbocycles. The molecular formula is C37H46FN5O5. The van der Waals surface area contributed by atoms with Crippen molar-refractivity contribution in [3.63, 3.8) is 0 Å². The second kappa shape index (κ2) is 12.7. The number of aliphatic hydroxyl groups is 2. The van der Waals surface area contributed by atoms with E-state index in [1.165, 1.54) is 6.07 Å². The fourth-order valence-electron chi connectivity index (χ4n) is 7.51.